The Morgan fingerprint density at radius 3 is 2.76 bits per heavy atom. The van der Waals surface area contributed by atoms with Crippen LogP contribution in [-0.4, -0.2) is 30.5 Å². The molecule has 2 saturated heterocycles. The zero-order valence-corrected chi connectivity index (χ0v) is 15.2. The smallest absolute Gasteiger partial charge is 0.246 e. The van der Waals surface area contributed by atoms with E-state index in [2.05, 4.69) is 24.0 Å². The summed E-state index contributed by atoms with van der Waals surface area (Å²) in [7, 11) is 1.62. The predicted molar refractivity (Wildman–Crippen MR) is 99.1 cm³/mol. The fourth-order valence-electron chi connectivity index (χ4n) is 4.07. The third-order valence-electron chi connectivity index (χ3n) is 5.24. The maximum Gasteiger partial charge on any atom is 0.246 e. The lowest BCUT2D eigenvalue weighted by atomic mass is 10.0. The van der Waals surface area contributed by atoms with E-state index in [-0.39, 0.29) is 18.1 Å². The number of halogens is 1. The summed E-state index contributed by atoms with van der Waals surface area (Å²) in [5.74, 6) is 0.795. The Labute approximate surface area is 152 Å². The second kappa shape index (κ2) is 6.36. The summed E-state index contributed by atoms with van der Waals surface area (Å²) >= 11 is 6.24. The van der Waals surface area contributed by atoms with Gasteiger partial charge >= 0.3 is 0 Å². The standard InChI is InChI=1S/C20H21ClN2O2/c1-13-6-3-4-7-15(13)19-22-11-5-8-16(22)20(24)23(19)17-12-14(21)9-10-18(17)25-2/h3-4,6-7,9-10,12,16,19H,5,8,11H2,1-2H3. The molecule has 0 bridgehead atoms. The largest absolute Gasteiger partial charge is 0.495 e. The first-order valence-electron chi connectivity index (χ1n) is 8.59. The van der Waals surface area contributed by atoms with Crippen LogP contribution in [0.4, 0.5) is 5.69 Å². The van der Waals surface area contributed by atoms with Crippen molar-refractivity contribution in [2.45, 2.75) is 32.0 Å². The summed E-state index contributed by atoms with van der Waals surface area (Å²) < 4.78 is 5.53. The maximum absolute atomic E-state index is 13.2. The van der Waals surface area contributed by atoms with E-state index in [1.54, 1.807) is 13.2 Å². The van der Waals surface area contributed by atoms with Crippen LogP contribution in [0.2, 0.25) is 5.02 Å². The van der Waals surface area contributed by atoms with E-state index in [0.717, 1.165) is 30.6 Å². The van der Waals surface area contributed by atoms with Gasteiger partial charge in [-0.1, -0.05) is 35.9 Å². The highest BCUT2D eigenvalue weighted by Crippen LogP contribution is 2.46. The molecule has 5 heteroatoms. The molecule has 2 atom stereocenters. The van der Waals surface area contributed by atoms with Gasteiger partial charge in [-0.05, 0) is 49.1 Å². The number of aryl methyl sites for hydroxylation is 1. The van der Waals surface area contributed by atoms with Crippen LogP contribution in [0, 0.1) is 6.92 Å². The van der Waals surface area contributed by atoms with Crippen molar-refractivity contribution in [3.05, 3.63) is 58.6 Å². The summed E-state index contributed by atoms with van der Waals surface area (Å²) in [6.45, 7) is 3.02. The minimum Gasteiger partial charge on any atom is -0.495 e. The van der Waals surface area contributed by atoms with Crippen molar-refractivity contribution in [1.29, 1.82) is 0 Å². The van der Waals surface area contributed by atoms with Crippen molar-refractivity contribution in [2.24, 2.45) is 0 Å². The Balaban J connectivity index is 1.89. The molecule has 2 heterocycles. The van der Waals surface area contributed by atoms with E-state index in [9.17, 15) is 4.79 Å². The molecule has 0 saturated carbocycles. The van der Waals surface area contributed by atoms with Gasteiger partial charge in [0.05, 0.1) is 18.8 Å². The lowest BCUT2D eigenvalue weighted by Gasteiger charge is -2.31. The molecule has 130 valence electrons. The SMILES string of the molecule is COc1ccc(Cl)cc1N1C(=O)C2CCCN2C1c1ccccc1C. The van der Waals surface area contributed by atoms with Crippen molar-refractivity contribution >= 4 is 23.2 Å². The average molecular weight is 357 g/mol. The summed E-state index contributed by atoms with van der Waals surface area (Å²) in [6, 6.07) is 13.6. The Hall–Kier alpha value is -2.04. The van der Waals surface area contributed by atoms with Crippen molar-refractivity contribution in [3.63, 3.8) is 0 Å². The van der Waals surface area contributed by atoms with Crippen LogP contribution in [0.25, 0.3) is 0 Å². The number of hydrogen-bond donors (Lipinski definition) is 0. The number of methoxy groups -OCH3 is 1. The quantitative estimate of drug-likeness (QED) is 0.827. The van der Waals surface area contributed by atoms with Crippen LogP contribution in [0.5, 0.6) is 5.75 Å². The summed E-state index contributed by atoms with van der Waals surface area (Å²) in [5.41, 5.74) is 3.07. The van der Waals surface area contributed by atoms with E-state index in [0.29, 0.717) is 10.8 Å². The van der Waals surface area contributed by atoms with Crippen LogP contribution in [0.15, 0.2) is 42.5 Å². The predicted octanol–water partition coefficient (Wildman–Crippen LogP) is 4.17. The fourth-order valence-corrected chi connectivity index (χ4v) is 4.24. The zero-order valence-electron chi connectivity index (χ0n) is 14.4. The highest BCUT2D eigenvalue weighted by atomic mass is 35.5. The van der Waals surface area contributed by atoms with Gasteiger partial charge in [0.2, 0.25) is 5.91 Å². The van der Waals surface area contributed by atoms with Crippen LogP contribution in [0.1, 0.15) is 30.1 Å². The third kappa shape index (κ3) is 2.60. The van der Waals surface area contributed by atoms with Gasteiger partial charge in [0.15, 0.2) is 0 Å². The van der Waals surface area contributed by atoms with E-state index >= 15 is 0 Å². The topological polar surface area (TPSA) is 32.8 Å². The van der Waals surface area contributed by atoms with Crippen molar-refractivity contribution < 1.29 is 9.53 Å². The number of carbonyl (C=O) groups is 1. The van der Waals surface area contributed by atoms with Crippen LogP contribution in [-0.2, 0) is 4.79 Å². The number of hydrogen-bond acceptors (Lipinski definition) is 3. The number of benzene rings is 2. The van der Waals surface area contributed by atoms with E-state index in [4.69, 9.17) is 16.3 Å². The molecule has 2 aliphatic rings. The first-order chi connectivity index (χ1) is 12.1. The van der Waals surface area contributed by atoms with Gasteiger partial charge in [0.25, 0.3) is 0 Å². The maximum atomic E-state index is 13.2. The summed E-state index contributed by atoms with van der Waals surface area (Å²) in [4.78, 5) is 17.4. The molecule has 2 aliphatic heterocycles. The highest BCUT2D eigenvalue weighted by molar-refractivity contribution is 6.31. The second-order valence-electron chi connectivity index (χ2n) is 6.65. The number of rotatable bonds is 3. The summed E-state index contributed by atoms with van der Waals surface area (Å²) in [6.07, 6.45) is 1.84. The lowest BCUT2D eigenvalue weighted by molar-refractivity contribution is -0.119. The summed E-state index contributed by atoms with van der Waals surface area (Å²) in [5, 5.41) is 0.596. The van der Waals surface area contributed by atoms with Gasteiger partial charge < -0.3 is 4.74 Å². The highest BCUT2D eigenvalue weighted by Gasteiger charge is 2.50. The number of ether oxygens (including phenoxy) is 1. The number of amides is 1. The molecular weight excluding hydrogens is 336 g/mol. The van der Waals surface area contributed by atoms with Crippen LogP contribution < -0.4 is 9.64 Å². The van der Waals surface area contributed by atoms with Gasteiger partial charge in [-0.25, -0.2) is 0 Å². The number of carbonyl (C=O) groups excluding carboxylic acids is 1. The van der Waals surface area contributed by atoms with E-state index in [1.807, 2.05) is 29.2 Å². The third-order valence-corrected chi connectivity index (χ3v) is 5.48. The molecule has 2 unspecified atom stereocenters. The van der Waals surface area contributed by atoms with Crippen molar-refractivity contribution in [1.82, 2.24) is 4.90 Å². The van der Waals surface area contributed by atoms with Crippen molar-refractivity contribution in [3.8, 4) is 5.75 Å². The van der Waals surface area contributed by atoms with E-state index in [1.165, 1.54) is 5.56 Å². The number of anilines is 1. The molecule has 25 heavy (non-hydrogen) atoms. The fraction of sp³-hybridized carbons (Fsp3) is 0.350. The molecule has 0 aromatic heterocycles. The van der Waals surface area contributed by atoms with Crippen LogP contribution in [0.3, 0.4) is 0 Å². The average Bonchev–Trinajstić information content (AvgIpc) is 3.18. The molecule has 4 nitrogen and oxygen atoms in total. The lowest BCUT2D eigenvalue weighted by Crippen LogP contribution is -2.33. The molecule has 0 radical (unpaired) electrons. The molecule has 0 N–H and O–H groups in total. The Kier molecular flexibility index (Phi) is 4.18. The Bertz CT molecular complexity index is 823. The minimum absolute atomic E-state index is 0.0618. The molecule has 0 spiro atoms. The molecule has 1 amide bonds. The minimum atomic E-state index is -0.117. The van der Waals surface area contributed by atoms with Gasteiger partial charge in [0, 0.05) is 11.6 Å². The van der Waals surface area contributed by atoms with Gasteiger partial charge in [-0.15, -0.1) is 0 Å². The Morgan fingerprint density at radius 1 is 1.20 bits per heavy atom. The molecule has 0 aliphatic carbocycles. The molecule has 2 aromatic rings. The van der Waals surface area contributed by atoms with Gasteiger partial charge in [0.1, 0.15) is 11.9 Å². The number of nitrogens with zero attached hydrogens (tertiary/aromatic N) is 2. The van der Waals surface area contributed by atoms with Gasteiger partial charge in [-0.2, -0.15) is 0 Å². The Morgan fingerprint density at radius 2 is 2.00 bits per heavy atom. The number of fused-ring (bicyclic) bond motifs is 1. The normalized spacial score (nSPS) is 23.2. The molecule has 2 aromatic carbocycles. The molecular formula is C20H21ClN2O2. The van der Waals surface area contributed by atoms with Crippen LogP contribution >= 0.6 is 11.6 Å². The second-order valence-corrected chi connectivity index (χ2v) is 7.09. The first kappa shape index (κ1) is 16.4. The first-order valence-corrected chi connectivity index (χ1v) is 8.97. The zero-order chi connectivity index (χ0) is 17.6. The van der Waals surface area contributed by atoms with Gasteiger partial charge in [-0.3, -0.25) is 14.6 Å². The molecule has 4 rings (SSSR count). The van der Waals surface area contributed by atoms with Crippen molar-refractivity contribution in [2.75, 3.05) is 18.6 Å². The monoisotopic (exact) mass is 356 g/mol. The van der Waals surface area contributed by atoms with E-state index < -0.39 is 0 Å². The molecule has 2 fully saturated rings.